The van der Waals surface area contributed by atoms with Gasteiger partial charge in [-0.25, -0.2) is 0 Å². The fourth-order valence-electron chi connectivity index (χ4n) is 3.49. The van der Waals surface area contributed by atoms with E-state index in [1.165, 1.54) is 12.8 Å². The van der Waals surface area contributed by atoms with Crippen LogP contribution in [0.3, 0.4) is 0 Å². The number of likely N-dealkylation sites (tertiary alicyclic amines) is 1. The van der Waals surface area contributed by atoms with Crippen LogP contribution >= 0.6 is 0 Å². The third kappa shape index (κ3) is 4.15. The van der Waals surface area contributed by atoms with Crippen molar-refractivity contribution in [1.82, 2.24) is 10.2 Å². The highest BCUT2D eigenvalue weighted by Gasteiger charge is 2.36. The minimum absolute atomic E-state index is 0.313. The van der Waals surface area contributed by atoms with Crippen LogP contribution in [-0.2, 0) is 4.74 Å². The van der Waals surface area contributed by atoms with Crippen molar-refractivity contribution in [2.75, 3.05) is 46.0 Å². The lowest BCUT2D eigenvalue weighted by atomic mass is 9.78. The molecule has 2 aliphatic rings. The Morgan fingerprint density at radius 3 is 2.79 bits per heavy atom. The maximum atomic E-state index is 9.57. The van der Waals surface area contributed by atoms with E-state index in [0.29, 0.717) is 18.1 Å². The van der Waals surface area contributed by atoms with Gasteiger partial charge >= 0.3 is 0 Å². The van der Waals surface area contributed by atoms with E-state index in [4.69, 9.17) is 4.74 Å². The number of rotatable bonds is 6. The lowest BCUT2D eigenvalue weighted by molar-refractivity contribution is -0.0236. The second-order valence-electron chi connectivity index (χ2n) is 6.20. The van der Waals surface area contributed by atoms with Crippen LogP contribution in [0.1, 0.15) is 39.0 Å². The zero-order valence-electron chi connectivity index (χ0n) is 12.4. The average molecular weight is 270 g/mol. The molecular formula is C15H30N2O2. The monoisotopic (exact) mass is 270 g/mol. The summed E-state index contributed by atoms with van der Waals surface area (Å²) in [7, 11) is 0. The standard InChI is InChI=1S/C15H30N2O2/c1-2-16-12-15(6-9-19-10-7-15)13-17-8-4-3-5-14(17)11-18/h14,16,18H,2-13H2,1H3. The van der Waals surface area contributed by atoms with E-state index < -0.39 is 0 Å². The molecule has 1 unspecified atom stereocenters. The Hall–Kier alpha value is -0.160. The third-order valence-corrected chi connectivity index (χ3v) is 4.80. The second kappa shape index (κ2) is 7.58. The van der Waals surface area contributed by atoms with Gasteiger partial charge in [0.15, 0.2) is 0 Å². The maximum absolute atomic E-state index is 9.57. The van der Waals surface area contributed by atoms with Crippen molar-refractivity contribution < 1.29 is 9.84 Å². The number of nitrogens with one attached hydrogen (secondary N) is 1. The summed E-state index contributed by atoms with van der Waals surface area (Å²) in [6.45, 7) is 8.66. The highest BCUT2D eigenvalue weighted by atomic mass is 16.5. The number of nitrogens with zero attached hydrogens (tertiary/aromatic N) is 1. The highest BCUT2D eigenvalue weighted by molar-refractivity contribution is 4.90. The number of aliphatic hydroxyl groups is 1. The quantitative estimate of drug-likeness (QED) is 0.762. The van der Waals surface area contributed by atoms with Gasteiger partial charge in [-0.3, -0.25) is 4.90 Å². The van der Waals surface area contributed by atoms with Crippen LogP contribution < -0.4 is 5.32 Å². The summed E-state index contributed by atoms with van der Waals surface area (Å²) in [5, 5.41) is 13.1. The summed E-state index contributed by atoms with van der Waals surface area (Å²) in [5.41, 5.74) is 0.346. The van der Waals surface area contributed by atoms with E-state index in [2.05, 4.69) is 17.1 Å². The van der Waals surface area contributed by atoms with Crippen LogP contribution in [0.15, 0.2) is 0 Å². The maximum Gasteiger partial charge on any atom is 0.0586 e. The first kappa shape index (κ1) is 15.2. The number of aliphatic hydroxyl groups excluding tert-OH is 1. The molecule has 2 heterocycles. The van der Waals surface area contributed by atoms with Gasteiger partial charge in [0.1, 0.15) is 0 Å². The van der Waals surface area contributed by atoms with Crippen molar-refractivity contribution >= 4 is 0 Å². The molecule has 0 radical (unpaired) electrons. The first-order valence-electron chi connectivity index (χ1n) is 7.93. The van der Waals surface area contributed by atoms with Gasteiger partial charge in [-0.15, -0.1) is 0 Å². The summed E-state index contributed by atoms with van der Waals surface area (Å²) in [6.07, 6.45) is 6.00. The predicted octanol–water partition coefficient (Wildman–Crippen LogP) is 1.24. The van der Waals surface area contributed by atoms with Crippen LogP contribution in [0.4, 0.5) is 0 Å². The second-order valence-corrected chi connectivity index (χ2v) is 6.20. The minimum Gasteiger partial charge on any atom is -0.395 e. The van der Waals surface area contributed by atoms with Crippen LogP contribution in [-0.4, -0.2) is 62.0 Å². The number of hydrogen-bond donors (Lipinski definition) is 2. The van der Waals surface area contributed by atoms with Gasteiger partial charge in [0, 0.05) is 32.3 Å². The van der Waals surface area contributed by atoms with Crippen molar-refractivity contribution in [2.45, 2.75) is 45.1 Å². The molecule has 0 spiro atoms. The fraction of sp³-hybridized carbons (Fsp3) is 1.00. The minimum atomic E-state index is 0.313. The molecule has 2 saturated heterocycles. The van der Waals surface area contributed by atoms with Crippen LogP contribution in [0.2, 0.25) is 0 Å². The molecular weight excluding hydrogens is 240 g/mol. The zero-order valence-corrected chi connectivity index (χ0v) is 12.4. The van der Waals surface area contributed by atoms with E-state index in [0.717, 1.165) is 58.7 Å². The van der Waals surface area contributed by atoms with Gasteiger partial charge in [-0.2, -0.15) is 0 Å². The van der Waals surface area contributed by atoms with E-state index in [-0.39, 0.29) is 0 Å². The Morgan fingerprint density at radius 2 is 2.11 bits per heavy atom. The van der Waals surface area contributed by atoms with E-state index >= 15 is 0 Å². The van der Waals surface area contributed by atoms with E-state index in [1.807, 2.05) is 0 Å². The molecule has 0 bridgehead atoms. The first-order chi connectivity index (χ1) is 9.29. The molecule has 4 heteroatoms. The molecule has 0 aromatic heterocycles. The summed E-state index contributed by atoms with van der Waals surface area (Å²) in [4.78, 5) is 2.53. The Morgan fingerprint density at radius 1 is 1.32 bits per heavy atom. The first-order valence-corrected chi connectivity index (χ1v) is 7.93. The topological polar surface area (TPSA) is 44.7 Å². The molecule has 2 fully saturated rings. The smallest absolute Gasteiger partial charge is 0.0586 e. The van der Waals surface area contributed by atoms with Gasteiger partial charge < -0.3 is 15.2 Å². The average Bonchev–Trinajstić information content (AvgIpc) is 2.47. The number of piperidine rings is 1. The van der Waals surface area contributed by atoms with Crippen molar-refractivity contribution in [3.8, 4) is 0 Å². The van der Waals surface area contributed by atoms with Gasteiger partial charge in [0.2, 0.25) is 0 Å². The van der Waals surface area contributed by atoms with Gasteiger partial charge in [-0.05, 0) is 44.2 Å². The molecule has 112 valence electrons. The molecule has 2 aliphatic heterocycles. The Balaban J connectivity index is 1.97. The van der Waals surface area contributed by atoms with Gasteiger partial charge in [0.25, 0.3) is 0 Å². The summed E-state index contributed by atoms with van der Waals surface area (Å²) in [6, 6.07) is 0.384. The van der Waals surface area contributed by atoms with Crippen LogP contribution in [0.5, 0.6) is 0 Å². The lowest BCUT2D eigenvalue weighted by Crippen LogP contribution is -2.52. The van der Waals surface area contributed by atoms with Crippen molar-refractivity contribution in [1.29, 1.82) is 0 Å². The van der Waals surface area contributed by atoms with Gasteiger partial charge in [-0.1, -0.05) is 13.3 Å². The Bertz CT molecular complexity index is 255. The van der Waals surface area contributed by atoms with Crippen molar-refractivity contribution in [3.05, 3.63) is 0 Å². The SMILES string of the molecule is CCNCC1(CN2CCCCC2CO)CCOCC1. The molecule has 0 aromatic rings. The molecule has 19 heavy (non-hydrogen) atoms. The lowest BCUT2D eigenvalue weighted by Gasteiger charge is -2.45. The zero-order chi connectivity index (χ0) is 13.6. The highest BCUT2D eigenvalue weighted by Crippen LogP contribution is 2.33. The third-order valence-electron chi connectivity index (χ3n) is 4.80. The van der Waals surface area contributed by atoms with Crippen LogP contribution in [0, 0.1) is 5.41 Å². The molecule has 4 nitrogen and oxygen atoms in total. The van der Waals surface area contributed by atoms with Crippen LogP contribution in [0.25, 0.3) is 0 Å². The predicted molar refractivity (Wildman–Crippen MR) is 77.3 cm³/mol. The van der Waals surface area contributed by atoms with E-state index in [1.54, 1.807) is 0 Å². The normalized spacial score (nSPS) is 28.4. The number of hydrogen-bond acceptors (Lipinski definition) is 4. The van der Waals surface area contributed by atoms with Crippen molar-refractivity contribution in [2.24, 2.45) is 5.41 Å². The molecule has 0 aliphatic carbocycles. The Kier molecular flexibility index (Phi) is 6.07. The molecule has 2 rings (SSSR count). The molecule has 0 saturated carbocycles. The van der Waals surface area contributed by atoms with Gasteiger partial charge in [0.05, 0.1) is 6.61 Å². The largest absolute Gasteiger partial charge is 0.395 e. The summed E-state index contributed by atoms with van der Waals surface area (Å²) in [5.74, 6) is 0. The summed E-state index contributed by atoms with van der Waals surface area (Å²) >= 11 is 0. The molecule has 1 atom stereocenters. The molecule has 0 amide bonds. The molecule has 2 N–H and O–H groups in total. The Labute approximate surface area is 117 Å². The van der Waals surface area contributed by atoms with E-state index in [9.17, 15) is 5.11 Å². The fourth-order valence-corrected chi connectivity index (χ4v) is 3.49. The molecule has 0 aromatic carbocycles. The summed E-state index contributed by atoms with van der Waals surface area (Å²) < 4.78 is 5.55. The van der Waals surface area contributed by atoms with Crippen molar-refractivity contribution in [3.63, 3.8) is 0 Å². The number of ether oxygens (including phenoxy) is 1.